The minimum Gasteiger partial charge on any atom is -0.378 e. The minimum absolute atomic E-state index is 0.0929. The molecule has 0 fully saturated rings. The van der Waals surface area contributed by atoms with Crippen molar-refractivity contribution in [2.45, 2.75) is 22.9 Å². The van der Waals surface area contributed by atoms with Crippen molar-refractivity contribution >= 4 is 20.0 Å². The highest BCUT2D eigenvalue weighted by atomic mass is 32.2. The van der Waals surface area contributed by atoms with Crippen molar-refractivity contribution in [1.82, 2.24) is 0 Å². The zero-order valence-corrected chi connectivity index (χ0v) is 14.5. The zero-order valence-electron chi connectivity index (χ0n) is 12.8. The van der Waals surface area contributed by atoms with Crippen LogP contribution in [0.4, 0.5) is 13.2 Å². The summed E-state index contributed by atoms with van der Waals surface area (Å²) in [5, 5.41) is 0. The van der Waals surface area contributed by atoms with E-state index < -0.39 is 42.3 Å². The van der Waals surface area contributed by atoms with Crippen molar-refractivity contribution < 1.29 is 34.2 Å². The van der Waals surface area contributed by atoms with Crippen LogP contribution in [0.3, 0.4) is 0 Å². The van der Waals surface area contributed by atoms with Gasteiger partial charge in [-0.2, -0.15) is 21.6 Å². The summed E-state index contributed by atoms with van der Waals surface area (Å²) in [6.45, 7) is 1.43. The second-order valence-corrected chi connectivity index (χ2v) is 8.73. The molecule has 2 rings (SSSR count). The molecular weight excluding hydrogens is 381 g/mol. The van der Waals surface area contributed by atoms with Crippen LogP contribution in [0, 0.1) is 0 Å². The molecule has 25 heavy (non-hydrogen) atoms. The second kappa shape index (κ2) is 6.68. The molecule has 0 atom stereocenters. The predicted octanol–water partition coefficient (Wildman–Crippen LogP) is 3.27. The molecule has 0 aromatic heterocycles. The molecule has 2 aromatic carbocycles. The fraction of sp³-hybridized carbons (Fsp3) is 0.200. The van der Waals surface area contributed by atoms with Crippen molar-refractivity contribution in [2.75, 3.05) is 5.75 Å². The van der Waals surface area contributed by atoms with Crippen molar-refractivity contribution in [3.05, 3.63) is 54.1 Å². The lowest BCUT2D eigenvalue weighted by atomic mass is 10.2. The molecule has 0 aliphatic rings. The van der Waals surface area contributed by atoms with Gasteiger partial charge in [-0.05, 0) is 36.4 Å². The van der Waals surface area contributed by atoms with E-state index in [9.17, 15) is 30.0 Å². The fourth-order valence-electron chi connectivity index (χ4n) is 1.92. The molecule has 0 saturated heterocycles. The first-order valence-corrected chi connectivity index (χ1v) is 9.97. The van der Waals surface area contributed by atoms with Crippen molar-refractivity contribution in [3.8, 4) is 5.75 Å². The number of sulfone groups is 1. The summed E-state index contributed by atoms with van der Waals surface area (Å²) in [4.78, 5) is -0.552. The van der Waals surface area contributed by atoms with Crippen LogP contribution >= 0.6 is 0 Å². The van der Waals surface area contributed by atoms with Gasteiger partial charge < -0.3 is 4.18 Å². The molecule has 0 aliphatic heterocycles. The standard InChI is InChI=1S/C15H13F3O5S2/c1-2-24(19,20)11-7-9-12(10-8-11)25(21,22)23-14-6-4-3-5-13(14)15(16,17)18/h3-10H,2H2,1H3. The Balaban J connectivity index is 2.39. The molecule has 5 nitrogen and oxygen atoms in total. The van der Waals surface area contributed by atoms with Crippen LogP contribution in [-0.2, 0) is 26.1 Å². The summed E-state index contributed by atoms with van der Waals surface area (Å²) >= 11 is 0. The first-order valence-electron chi connectivity index (χ1n) is 6.91. The highest BCUT2D eigenvalue weighted by Gasteiger charge is 2.35. The van der Waals surface area contributed by atoms with Crippen LogP contribution in [0.1, 0.15) is 12.5 Å². The Morgan fingerprint density at radius 2 is 1.40 bits per heavy atom. The Morgan fingerprint density at radius 1 is 0.880 bits per heavy atom. The van der Waals surface area contributed by atoms with Crippen LogP contribution in [0.5, 0.6) is 5.75 Å². The van der Waals surface area contributed by atoms with Gasteiger partial charge in [0.2, 0.25) is 0 Å². The normalized spacial score (nSPS) is 12.8. The summed E-state index contributed by atoms with van der Waals surface area (Å²) in [6, 6.07) is 7.94. The predicted molar refractivity (Wildman–Crippen MR) is 83.4 cm³/mol. The summed E-state index contributed by atoms with van der Waals surface area (Å²) in [7, 11) is -8.09. The highest BCUT2D eigenvalue weighted by molar-refractivity contribution is 7.91. The smallest absolute Gasteiger partial charge is 0.378 e. The van der Waals surface area contributed by atoms with Crippen LogP contribution in [0.2, 0.25) is 0 Å². The SMILES string of the molecule is CCS(=O)(=O)c1ccc(S(=O)(=O)Oc2ccccc2C(F)(F)F)cc1. The first-order chi connectivity index (χ1) is 11.5. The third-order valence-electron chi connectivity index (χ3n) is 3.24. The Morgan fingerprint density at radius 3 is 1.92 bits per heavy atom. The van der Waals surface area contributed by atoms with E-state index >= 15 is 0 Å². The first kappa shape index (κ1) is 19.3. The maximum Gasteiger partial charge on any atom is 0.420 e. The number of rotatable bonds is 5. The largest absolute Gasteiger partial charge is 0.420 e. The summed E-state index contributed by atoms with van der Waals surface area (Å²) < 4.78 is 91.1. The van der Waals surface area contributed by atoms with Gasteiger partial charge in [0.05, 0.1) is 16.2 Å². The molecule has 0 bridgehead atoms. The lowest BCUT2D eigenvalue weighted by molar-refractivity contribution is -0.138. The molecule has 0 N–H and O–H groups in total. The van der Waals surface area contributed by atoms with Gasteiger partial charge in [-0.1, -0.05) is 19.1 Å². The monoisotopic (exact) mass is 394 g/mol. The molecule has 0 radical (unpaired) electrons. The average molecular weight is 394 g/mol. The maximum absolute atomic E-state index is 12.9. The molecule has 0 aliphatic carbocycles. The third kappa shape index (κ3) is 4.31. The molecule has 136 valence electrons. The van der Waals surface area contributed by atoms with Crippen LogP contribution in [-0.4, -0.2) is 22.6 Å². The molecule has 0 saturated carbocycles. The molecule has 0 amide bonds. The molecule has 0 heterocycles. The van der Waals surface area contributed by atoms with Crippen LogP contribution < -0.4 is 4.18 Å². The van der Waals surface area contributed by atoms with Crippen LogP contribution in [0.15, 0.2) is 58.3 Å². The topological polar surface area (TPSA) is 77.5 Å². The van der Waals surface area contributed by atoms with E-state index in [-0.39, 0.29) is 10.6 Å². The van der Waals surface area contributed by atoms with Gasteiger partial charge in [-0.15, -0.1) is 0 Å². The van der Waals surface area contributed by atoms with Gasteiger partial charge in [-0.25, -0.2) is 8.42 Å². The van der Waals surface area contributed by atoms with Gasteiger partial charge in [0.25, 0.3) is 0 Å². The third-order valence-corrected chi connectivity index (χ3v) is 6.24. The Kier molecular flexibility index (Phi) is 5.14. The lowest BCUT2D eigenvalue weighted by Gasteiger charge is -2.13. The number of benzene rings is 2. The summed E-state index contributed by atoms with van der Waals surface area (Å²) in [5.74, 6) is -1.03. The Labute approximate surface area is 143 Å². The summed E-state index contributed by atoms with van der Waals surface area (Å²) in [6.07, 6.45) is -4.79. The molecule has 10 heteroatoms. The summed E-state index contributed by atoms with van der Waals surface area (Å²) in [5.41, 5.74) is -1.23. The molecule has 0 spiro atoms. The number of hydrogen-bond donors (Lipinski definition) is 0. The molecule has 0 unspecified atom stereocenters. The van der Waals surface area contributed by atoms with E-state index in [1.807, 2.05) is 0 Å². The van der Waals surface area contributed by atoms with E-state index in [1.54, 1.807) is 0 Å². The van der Waals surface area contributed by atoms with E-state index in [0.717, 1.165) is 36.4 Å². The van der Waals surface area contributed by atoms with Gasteiger partial charge in [0, 0.05) is 0 Å². The van der Waals surface area contributed by atoms with E-state index in [1.165, 1.54) is 13.0 Å². The van der Waals surface area contributed by atoms with Crippen LogP contribution in [0.25, 0.3) is 0 Å². The van der Waals surface area contributed by atoms with Gasteiger partial charge in [-0.3, -0.25) is 0 Å². The van der Waals surface area contributed by atoms with Gasteiger partial charge >= 0.3 is 16.3 Å². The lowest BCUT2D eigenvalue weighted by Crippen LogP contribution is -2.14. The van der Waals surface area contributed by atoms with Crippen molar-refractivity contribution in [3.63, 3.8) is 0 Å². The quantitative estimate of drug-likeness (QED) is 0.728. The highest BCUT2D eigenvalue weighted by Crippen LogP contribution is 2.37. The van der Waals surface area contributed by atoms with Crippen molar-refractivity contribution in [2.24, 2.45) is 0 Å². The second-order valence-electron chi connectivity index (χ2n) is 4.91. The fourth-order valence-corrected chi connectivity index (χ4v) is 3.75. The number of halogens is 3. The minimum atomic E-state index is -4.79. The Hall–Kier alpha value is -2.07. The number of para-hydroxylation sites is 1. The van der Waals surface area contributed by atoms with E-state index in [2.05, 4.69) is 4.18 Å². The Bertz CT molecular complexity index is 963. The van der Waals surface area contributed by atoms with E-state index in [4.69, 9.17) is 0 Å². The zero-order chi connectivity index (χ0) is 18.9. The maximum atomic E-state index is 12.9. The van der Waals surface area contributed by atoms with Gasteiger partial charge in [0.1, 0.15) is 4.90 Å². The molecular formula is C15H13F3O5S2. The van der Waals surface area contributed by atoms with Gasteiger partial charge in [0.15, 0.2) is 15.6 Å². The van der Waals surface area contributed by atoms with E-state index in [0.29, 0.717) is 6.07 Å². The average Bonchev–Trinajstić information content (AvgIpc) is 2.54. The number of alkyl halides is 3. The van der Waals surface area contributed by atoms with Crippen molar-refractivity contribution in [1.29, 1.82) is 0 Å². The molecule has 2 aromatic rings. The number of hydrogen-bond acceptors (Lipinski definition) is 5.